The minimum atomic E-state index is 0.729. The Morgan fingerprint density at radius 2 is 1.92 bits per heavy atom. The first kappa shape index (κ1) is 8.52. The molecule has 0 aliphatic rings. The molecule has 0 unspecified atom stereocenters. The smallest absolute Gasteiger partial charge is 0.0667 e. The van der Waals surface area contributed by atoms with E-state index in [4.69, 9.17) is 11.6 Å². The fourth-order valence-electron chi connectivity index (χ4n) is 1.50. The third kappa shape index (κ3) is 1.40. The molecule has 1 heterocycles. The van der Waals surface area contributed by atoms with Crippen molar-refractivity contribution in [1.29, 1.82) is 0 Å². The average molecular weight is 192 g/mol. The molecule has 0 amide bonds. The highest BCUT2D eigenvalue weighted by atomic mass is 35.5. The monoisotopic (exact) mass is 191 g/mol. The summed E-state index contributed by atoms with van der Waals surface area (Å²) in [5.74, 6) is 0. The summed E-state index contributed by atoms with van der Waals surface area (Å²) >= 11 is 6.02. The summed E-state index contributed by atoms with van der Waals surface area (Å²) in [5, 5.41) is 2.99. The zero-order valence-electron chi connectivity index (χ0n) is 7.42. The third-order valence-electron chi connectivity index (χ3n) is 2.16. The zero-order valence-corrected chi connectivity index (χ0v) is 8.17. The minimum absolute atomic E-state index is 0.729. The largest absolute Gasteiger partial charge is 0.259 e. The highest BCUT2D eigenvalue weighted by molar-refractivity contribution is 6.35. The molecular formula is C11H10ClN. The number of fused-ring (bicyclic) bond motifs is 1. The summed E-state index contributed by atoms with van der Waals surface area (Å²) in [6.07, 6.45) is 2.67. The molecule has 0 saturated heterocycles. The van der Waals surface area contributed by atoms with Crippen LogP contribution in [-0.4, -0.2) is 4.98 Å². The normalized spacial score (nSPS) is 10.6. The number of aromatic nitrogens is 1. The van der Waals surface area contributed by atoms with Crippen molar-refractivity contribution in [2.24, 2.45) is 0 Å². The van der Waals surface area contributed by atoms with Gasteiger partial charge in [-0.1, -0.05) is 42.8 Å². The van der Waals surface area contributed by atoms with Gasteiger partial charge in [0.05, 0.1) is 5.02 Å². The third-order valence-corrected chi connectivity index (χ3v) is 2.47. The first-order chi connectivity index (χ1) is 6.33. The van der Waals surface area contributed by atoms with Crippen LogP contribution in [0.1, 0.15) is 12.6 Å². The molecular weight excluding hydrogens is 182 g/mol. The molecule has 0 N–H and O–H groups in total. The molecule has 1 aromatic carbocycles. The van der Waals surface area contributed by atoms with Crippen molar-refractivity contribution < 1.29 is 0 Å². The lowest BCUT2D eigenvalue weighted by Gasteiger charge is -2.03. The van der Waals surface area contributed by atoms with Crippen molar-refractivity contribution in [2.45, 2.75) is 13.3 Å². The Balaban J connectivity index is 2.84. The second kappa shape index (κ2) is 3.35. The molecule has 0 spiro atoms. The molecule has 66 valence electrons. The van der Waals surface area contributed by atoms with E-state index < -0.39 is 0 Å². The minimum Gasteiger partial charge on any atom is -0.259 e. The summed E-state index contributed by atoms with van der Waals surface area (Å²) in [4.78, 5) is 4.29. The predicted octanol–water partition coefficient (Wildman–Crippen LogP) is 3.45. The lowest BCUT2D eigenvalue weighted by molar-refractivity contribution is 1.06. The number of aryl methyl sites for hydroxylation is 1. The van der Waals surface area contributed by atoms with Gasteiger partial charge < -0.3 is 0 Å². The van der Waals surface area contributed by atoms with E-state index in [2.05, 4.69) is 18.0 Å². The van der Waals surface area contributed by atoms with E-state index in [0.29, 0.717) is 0 Å². The van der Waals surface area contributed by atoms with E-state index in [1.807, 2.05) is 18.2 Å². The fraction of sp³-hybridized carbons (Fsp3) is 0.182. The van der Waals surface area contributed by atoms with Crippen LogP contribution in [0.3, 0.4) is 0 Å². The van der Waals surface area contributed by atoms with Crippen LogP contribution >= 0.6 is 11.6 Å². The van der Waals surface area contributed by atoms with Crippen LogP contribution in [0.2, 0.25) is 5.02 Å². The van der Waals surface area contributed by atoms with Gasteiger partial charge in [-0.3, -0.25) is 4.98 Å². The van der Waals surface area contributed by atoms with Crippen molar-refractivity contribution in [3.8, 4) is 0 Å². The topological polar surface area (TPSA) is 12.9 Å². The molecule has 2 aromatic rings. The molecule has 0 radical (unpaired) electrons. The van der Waals surface area contributed by atoms with Crippen LogP contribution in [0.4, 0.5) is 0 Å². The van der Waals surface area contributed by atoms with Crippen LogP contribution in [0.25, 0.3) is 10.8 Å². The van der Waals surface area contributed by atoms with Crippen LogP contribution in [-0.2, 0) is 6.42 Å². The van der Waals surface area contributed by atoms with Gasteiger partial charge in [-0.25, -0.2) is 0 Å². The maximum atomic E-state index is 6.02. The lowest BCUT2D eigenvalue weighted by atomic mass is 10.1. The molecule has 0 bridgehead atoms. The standard InChI is InChI=1S/C11H10ClN/c1-2-11-9-6-4-3-5-8(9)10(12)7-13-11/h3-7H,2H2,1H3. The number of benzene rings is 1. The summed E-state index contributed by atoms with van der Waals surface area (Å²) in [5.41, 5.74) is 1.11. The Morgan fingerprint density at radius 1 is 1.23 bits per heavy atom. The van der Waals surface area contributed by atoms with Gasteiger partial charge in [-0.05, 0) is 6.42 Å². The van der Waals surface area contributed by atoms with E-state index >= 15 is 0 Å². The van der Waals surface area contributed by atoms with Gasteiger partial charge in [0, 0.05) is 22.7 Å². The number of hydrogen-bond donors (Lipinski definition) is 0. The highest BCUT2D eigenvalue weighted by Gasteiger charge is 2.02. The Kier molecular flexibility index (Phi) is 2.19. The number of nitrogens with zero attached hydrogens (tertiary/aromatic N) is 1. The number of pyridine rings is 1. The van der Waals surface area contributed by atoms with Gasteiger partial charge in [0.15, 0.2) is 0 Å². The number of hydrogen-bond acceptors (Lipinski definition) is 1. The molecule has 0 aliphatic carbocycles. The Labute approximate surface area is 82.4 Å². The van der Waals surface area contributed by atoms with E-state index in [9.17, 15) is 0 Å². The van der Waals surface area contributed by atoms with Gasteiger partial charge in [0.25, 0.3) is 0 Å². The second-order valence-electron chi connectivity index (χ2n) is 2.95. The lowest BCUT2D eigenvalue weighted by Crippen LogP contribution is -1.88. The quantitative estimate of drug-likeness (QED) is 0.673. The maximum absolute atomic E-state index is 6.02. The molecule has 0 saturated carbocycles. The SMILES string of the molecule is CCc1ncc(Cl)c2ccccc12. The maximum Gasteiger partial charge on any atom is 0.0667 e. The first-order valence-electron chi connectivity index (χ1n) is 4.35. The molecule has 1 nitrogen and oxygen atoms in total. The van der Waals surface area contributed by atoms with Gasteiger partial charge in [-0.15, -0.1) is 0 Å². The number of rotatable bonds is 1. The van der Waals surface area contributed by atoms with Crippen molar-refractivity contribution in [3.63, 3.8) is 0 Å². The van der Waals surface area contributed by atoms with E-state index in [1.165, 1.54) is 0 Å². The van der Waals surface area contributed by atoms with Crippen molar-refractivity contribution in [2.75, 3.05) is 0 Å². The van der Waals surface area contributed by atoms with Gasteiger partial charge in [-0.2, -0.15) is 0 Å². The summed E-state index contributed by atoms with van der Waals surface area (Å²) in [6.45, 7) is 2.10. The summed E-state index contributed by atoms with van der Waals surface area (Å²) < 4.78 is 0. The van der Waals surface area contributed by atoms with Gasteiger partial charge in [0.1, 0.15) is 0 Å². The van der Waals surface area contributed by atoms with Crippen molar-refractivity contribution >= 4 is 22.4 Å². The molecule has 0 aliphatic heterocycles. The average Bonchev–Trinajstić information content (AvgIpc) is 2.19. The molecule has 0 atom stereocenters. The number of halogens is 1. The van der Waals surface area contributed by atoms with E-state index in [1.54, 1.807) is 6.20 Å². The van der Waals surface area contributed by atoms with Crippen LogP contribution in [0, 0.1) is 0 Å². The highest BCUT2D eigenvalue weighted by Crippen LogP contribution is 2.24. The van der Waals surface area contributed by atoms with E-state index in [0.717, 1.165) is 27.9 Å². The molecule has 2 heteroatoms. The Bertz CT molecular complexity index is 437. The zero-order chi connectivity index (χ0) is 9.26. The Morgan fingerprint density at radius 3 is 2.62 bits per heavy atom. The summed E-state index contributed by atoms with van der Waals surface area (Å²) in [7, 11) is 0. The molecule has 0 fully saturated rings. The molecule has 2 rings (SSSR count). The second-order valence-corrected chi connectivity index (χ2v) is 3.36. The van der Waals surface area contributed by atoms with Gasteiger partial charge >= 0.3 is 0 Å². The first-order valence-corrected chi connectivity index (χ1v) is 4.73. The molecule has 1 aromatic heterocycles. The van der Waals surface area contributed by atoms with Crippen LogP contribution in [0.5, 0.6) is 0 Å². The Hall–Kier alpha value is -1.08. The fourth-order valence-corrected chi connectivity index (χ4v) is 1.71. The van der Waals surface area contributed by atoms with Crippen molar-refractivity contribution in [3.05, 3.63) is 41.2 Å². The van der Waals surface area contributed by atoms with Gasteiger partial charge in [0.2, 0.25) is 0 Å². The van der Waals surface area contributed by atoms with Crippen molar-refractivity contribution in [1.82, 2.24) is 4.98 Å². The predicted molar refractivity (Wildman–Crippen MR) is 56.1 cm³/mol. The van der Waals surface area contributed by atoms with Crippen LogP contribution < -0.4 is 0 Å². The summed E-state index contributed by atoms with van der Waals surface area (Å²) in [6, 6.07) is 8.10. The van der Waals surface area contributed by atoms with E-state index in [-0.39, 0.29) is 0 Å². The van der Waals surface area contributed by atoms with Crippen LogP contribution in [0.15, 0.2) is 30.5 Å². The molecule has 13 heavy (non-hydrogen) atoms.